The van der Waals surface area contributed by atoms with Crippen LogP contribution in [0.3, 0.4) is 0 Å². The van der Waals surface area contributed by atoms with Gasteiger partial charge in [0, 0.05) is 0 Å². The molecule has 0 radical (unpaired) electrons. The third-order valence-electron chi connectivity index (χ3n) is 2.12. The summed E-state index contributed by atoms with van der Waals surface area (Å²) >= 11 is 1.34. The first-order chi connectivity index (χ1) is 10.8. The highest BCUT2D eigenvalue weighted by molar-refractivity contribution is 7.45. The minimum atomic E-state index is -4.68. The third kappa shape index (κ3) is 5.09. The van der Waals surface area contributed by atoms with Gasteiger partial charge < -0.3 is 34.2 Å². The van der Waals surface area contributed by atoms with Crippen LogP contribution in [0.4, 0.5) is 10.3 Å². The van der Waals surface area contributed by atoms with Crippen molar-refractivity contribution in [2.45, 2.75) is 13.2 Å². The van der Waals surface area contributed by atoms with Crippen LogP contribution in [-0.4, -0.2) is 19.8 Å². The summed E-state index contributed by atoms with van der Waals surface area (Å²) in [6, 6.07) is 0. The lowest BCUT2D eigenvalue weighted by Crippen LogP contribution is -2.07. The number of thiazole rings is 2. The Morgan fingerprint density at radius 3 is 1.70 bits per heavy atom. The number of phosphoric ester groups is 1. The van der Waals surface area contributed by atoms with Gasteiger partial charge in [-0.1, -0.05) is 0 Å². The van der Waals surface area contributed by atoms with Gasteiger partial charge in [-0.2, -0.15) is 0 Å². The highest BCUT2D eigenvalue weighted by Gasteiger charge is 2.18. The van der Waals surface area contributed by atoms with Gasteiger partial charge in [0.05, 0.1) is 23.0 Å². The second kappa shape index (κ2) is 7.16. The predicted octanol–water partition coefficient (Wildman–Crippen LogP) is 1.62. The van der Waals surface area contributed by atoms with Crippen molar-refractivity contribution >= 4 is 40.8 Å². The Balaban J connectivity index is 1.86. The molecule has 0 atom stereocenters. The topological polar surface area (TPSA) is 171 Å². The van der Waals surface area contributed by atoms with E-state index >= 15 is 0 Å². The second-order valence-corrected chi connectivity index (χ2v) is 7.32. The van der Waals surface area contributed by atoms with Crippen LogP contribution in [0.2, 0.25) is 0 Å². The summed E-state index contributed by atoms with van der Waals surface area (Å²) in [6.07, 6.45) is 2.24. The normalized spacial score (nSPS) is 11.5. The summed E-state index contributed by atoms with van der Waals surface area (Å²) < 4.78 is 20.7. The van der Waals surface area contributed by atoms with Crippen LogP contribution in [0, 0.1) is 20.2 Å². The molecule has 0 unspecified atom stereocenters. The highest BCUT2D eigenvalue weighted by Crippen LogP contribution is 2.41. The maximum atomic E-state index is 11.5. The Morgan fingerprint density at radius 2 is 1.39 bits per heavy atom. The van der Waals surface area contributed by atoms with E-state index in [0.717, 1.165) is 12.4 Å². The van der Waals surface area contributed by atoms with E-state index in [1.807, 2.05) is 0 Å². The molecule has 0 aliphatic heterocycles. The molecule has 124 valence electrons. The minimum Gasteiger partial charge on any atom is -0.756 e. The van der Waals surface area contributed by atoms with Gasteiger partial charge in [-0.05, 0) is 42.5 Å². The Bertz CT molecular complexity index is 715. The summed E-state index contributed by atoms with van der Waals surface area (Å²) in [7, 11) is -4.68. The van der Waals surface area contributed by atoms with Crippen LogP contribution in [0.25, 0.3) is 0 Å². The number of nitro groups is 2. The Labute approximate surface area is 135 Å². The Kier molecular flexibility index (Phi) is 5.46. The van der Waals surface area contributed by atoms with E-state index in [4.69, 9.17) is 0 Å². The second-order valence-electron chi connectivity index (χ2n) is 3.73. The molecule has 2 aromatic heterocycles. The molecule has 0 N–H and O–H groups in total. The van der Waals surface area contributed by atoms with E-state index < -0.39 is 30.9 Å². The monoisotopic (exact) mass is 381 g/mol. The first kappa shape index (κ1) is 17.5. The number of hydrogen-bond donors (Lipinski definition) is 0. The lowest BCUT2D eigenvalue weighted by Gasteiger charge is -2.21. The maximum absolute atomic E-state index is 11.5. The molecule has 0 bridgehead atoms. The van der Waals surface area contributed by atoms with Gasteiger partial charge in [-0.3, -0.25) is 4.57 Å². The van der Waals surface area contributed by atoms with Gasteiger partial charge in [-0.15, -0.1) is 0 Å². The lowest BCUT2D eigenvalue weighted by atomic mass is 10.6. The fourth-order valence-corrected chi connectivity index (χ4v) is 3.34. The minimum absolute atomic E-state index is 0.227. The highest BCUT2D eigenvalue weighted by atomic mass is 32.1. The summed E-state index contributed by atoms with van der Waals surface area (Å²) in [4.78, 5) is 38.4. The maximum Gasteiger partial charge on any atom is 0.423 e. The zero-order valence-corrected chi connectivity index (χ0v) is 13.4. The van der Waals surface area contributed by atoms with E-state index in [2.05, 4.69) is 19.0 Å². The van der Waals surface area contributed by atoms with Crippen LogP contribution >= 0.6 is 30.5 Å². The quantitative estimate of drug-likeness (QED) is 0.371. The molecule has 0 spiro atoms. The van der Waals surface area contributed by atoms with Gasteiger partial charge in [0.25, 0.3) is 7.82 Å². The summed E-state index contributed by atoms with van der Waals surface area (Å²) in [6.45, 7) is -0.926. The SMILES string of the molecule is O=[N+]([O-])c1ncc(COP(=O)([O-])OCc2cnc([N+](=O)[O-])s2)s1. The van der Waals surface area contributed by atoms with Crippen LogP contribution in [0.5, 0.6) is 0 Å². The fraction of sp³-hybridized carbons (Fsp3) is 0.250. The molecule has 2 rings (SSSR count). The third-order valence-corrected chi connectivity index (χ3v) is 4.86. The first-order valence-corrected chi connectivity index (χ1v) is 8.64. The number of phosphoric acid groups is 1. The predicted molar refractivity (Wildman–Crippen MR) is 74.7 cm³/mol. The molecule has 0 aliphatic carbocycles. The molecule has 2 aromatic rings. The Hall–Kier alpha value is -1.83. The molecule has 15 heteroatoms. The molecule has 12 nitrogen and oxygen atoms in total. The van der Waals surface area contributed by atoms with E-state index in [9.17, 15) is 29.7 Å². The average Bonchev–Trinajstić information content (AvgIpc) is 3.12. The number of rotatable bonds is 8. The standard InChI is InChI=1S/C8H7N4O8PS2/c13-11(14)7-9-1-5(22-7)3-19-21(17,18)20-4-6-2-10-8(23-6)12(15)16/h1-2H,3-4H2,(H,17,18)/p-1. The molecule has 0 aromatic carbocycles. The Morgan fingerprint density at radius 1 is 1.00 bits per heavy atom. The molecule has 0 amide bonds. The first-order valence-electron chi connectivity index (χ1n) is 5.55. The molecular formula is C8H6N4O8PS2-. The summed E-state index contributed by atoms with van der Waals surface area (Å²) in [5.74, 6) is 0. The molecule has 23 heavy (non-hydrogen) atoms. The van der Waals surface area contributed by atoms with Crippen molar-refractivity contribution in [1.29, 1.82) is 0 Å². The van der Waals surface area contributed by atoms with Crippen LogP contribution < -0.4 is 4.89 Å². The van der Waals surface area contributed by atoms with Crippen LogP contribution in [0.15, 0.2) is 12.4 Å². The zero-order chi connectivity index (χ0) is 17.0. The smallest absolute Gasteiger partial charge is 0.423 e. The molecule has 0 fully saturated rings. The van der Waals surface area contributed by atoms with Gasteiger partial charge >= 0.3 is 10.3 Å². The zero-order valence-electron chi connectivity index (χ0n) is 10.9. The van der Waals surface area contributed by atoms with Crippen molar-refractivity contribution in [3.8, 4) is 0 Å². The van der Waals surface area contributed by atoms with Crippen LogP contribution in [-0.2, 0) is 26.8 Å². The number of aromatic nitrogens is 2. The van der Waals surface area contributed by atoms with Crippen molar-refractivity contribution in [2.24, 2.45) is 0 Å². The van der Waals surface area contributed by atoms with E-state index in [1.165, 1.54) is 0 Å². The molecule has 2 heterocycles. The van der Waals surface area contributed by atoms with Gasteiger partial charge in [0.15, 0.2) is 12.4 Å². The van der Waals surface area contributed by atoms with Crippen molar-refractivity contribution in [3.05, 3.63) is 42.4 Å². The van der Waals surface area contributed by atoms with Crippen molar-refractivity contribution in [3.63, 3.8) is 0 Å². The van der Waals surface area contributed by atoms with Crippen LogP contribution in [0.1, 0.15) is 9.75 Å². The average molecular weight is 381 g/mol. The van der Waals surface area contributed by atoms with Crippen molar-refractivity contribution in [2.75, 3.05) is 0 Å². The summed E-state index contributed by atoms with van der Waals surface area (Å²) in [5, 5.41) is 20.1. The van der Waals surface area contributed by atoms with E-state index in [1.54, 1.807) is 0 Å². The van der Waals surface area contributed by atoms with Crippen molar-refractivity contribution < 1.29 is 28.4 Å². The van der Waals surface area contributed by atoms with Gasteiger partial charge in [0.2, 0.25) is 0 Å². The van der Waals surface area contributed by atoms with E-state index in [-0.39, 0.29) is 20.0 Å². The largest absolute Gasteiger partial charge is 0.756 e. The van der Waals surface area contributed by atoms with E-state index in [0.29, 0.717) is 22.7 Å². The van der Waals surface area contributed by atoms with Gasteiger partial charge in [0.1, 0.15) is 0 Å². The van der Waals surface area contributed by atoms with Crippen molar-refractivity contribution in [1.82, 2.24) is 9.97 Å². The molecule has 0 saturated heterocycles. The summed E-state index contributed by atoms with van der Waals surface area (Å²) in [5.41, 5.74) is 0. The molecule has 0 aliphatic rings. The fourth-order valence-electron chi connectivity index (χ4n) is 1.22. The number of hydrogen-bond acceptors (Lipinski definition) is 12. The molecule has 0 saturated carbocycles. The van der Waals surface area contributed by atoms with Gasteiger partial charge in [-0.25, -0.2) is 0 Å². The molecular weight excluding hydrogens is 375 g/mol. The number of nitrogens with zero attached hydrogens (tertiary/aromatic N) is 4. The lowest BCUT2D eigenvalue weighted by molar-refractivity contribution is -0.384.